The molecule has 0 bridgehead atoms. The Hall–Kier alpha value is -2.32. The number of hydrogen-bond donors (Lipinski definition) is 1. The number of aromatic nitrogens is 1. The van der Waals surface area contributed by atoms with Crippen LogP contribution >= 0.6 is 0 Å². The lowest BCUT2D eigenvalue weighted by Crippen LogP contribution is -2.41. The van der Waals surface area contributed by atoms with Gasteiger partial charge in [0.25, 0.3) is 0 Å². The van der Waals surface area contributed by atoms with Crippen molar-refractivity contribution in [3.63, 3.8) is 0 Å². The molecule has 6 nitrogen and oxygen atoms in total. The largest absolute Gasteiger partial charge is 0.441 e. The van der Waals surface area contributed by atoms with Gasteiger partial charge in [-0.3, -0.25) is 9.69 Å². The van der Waals surface area contributed by atoms with Gasteiger partial charge in [-0.2, -0.15) is 0 Å². The Morgan fingerprint density at radius 3 is 2.48 bits per heavy atom. The summed E-state index contributed by atoms with van der Waals surface area (Å²) in [5.41, 5.74) is 0.441. The van der Waals surface area contributed by atoms with Crippen LogP contribution in [0.3, 0.4) is 0 Å². The van der Waals surface area contributed by atoms with Gasteiger partial charge < -0.3 is 14.6 Å². The summed E-state index contributed by atoms with van der Waals surface area (Å²) in [4.78, 5) is 21.6. The molecule has 2 fully saturated rings. The molecule has 0 radical (unpaired) electrons. The fourth-order valence-corrected chi connectivity index (χ4v) is 4.79. The molecule has 3 heterocycles. The second kappa shape index (κ2) is 11.2. The number of hydrogen-bond acceptors (Lipinski definition) is 5. The number of amides is 1. The molecule has 0 unspecified atom stereocenters. The number of carbonyl (C=O) groups excluding carboxylic acids is 1. The third-order valence-corrected chi connectivity index (χ3v) is 6.80. The number of benzene rings is 1. The Bertz CT molecular complexity index is 914. The van der Waals surface area contributed by atoms with Crippen molar-refractivity contribution >= 4 is 5.91 Å². The van der Waals surface area contributed by atoms with Crippen LogP contribution in [-0.4, -0.2) is 60.0 Å². The molecule has 0 spiro atoms. The van der Waals surface area contributed by atoms with Crippen LogP contribution in [0.5, 0.6) is 0 Å². The fraction of sp³-hybridized carbons (Fsp3) is 0.600. The van der Waals surface area contributed by atoms with E-state index in [0.29, 0.717) is 18.0 Å². The molecule has 33 heavy (non-hydrogen) atoms. The Labute approximate surface area is 194 Å². The van der Waals surface area contributed by atoms with Crippen molar-refractivity contribution in [1.82, 2.24) is 20.1 Å². The maximum Gasteiger partial charge on any atom is 0.232 e. The van der Waals surface area contributed by atoms with Crippen LogP contribution in [0.4, 0.5) is 8.78 Å². The van der Waals surface area contributed by atoms with E-state index in [1.54, 1.807) is 6.92 Å². The maximum absolute atomic E-state index is 14.1. The average Bonchev–Trinajstić information content (AvgIpc) is 3.17. The minimum Gasteiger partial charge on any atom is -0.441 e. The van der Waals surface area contributed by atoms with E-state index in [0.717, 1.165) is 45.4 Å². The highest BCUT2D eigenvalue weighted by Crippen LogP contribution is 2.28. The van der Waals surface area contributed by atoms with Gasteiger partial charge in [0.05, 0.1) is 5.69 Å². The molecule has 4 rings (SSSR count). The Kier molecular flexibility index (Phi) is 8.09. The zero-order chi connectivity index (χ0) is 23.2. The number of piperidine rings is 2. The van der Waals surface area contributed by atoms with Crippen molar-refractivity contribution in [2.24, 2.45) is 5.92 Å². The minimum atomic E-state index is -0.689. The van der Waals surface area contributed by atoms with Gasteiger partial charge in [0.1, 0.15) is 23.0 Å². The standard InChI is InChI=1S/C25H34F2N4O2/c1-18-22(29-25(33-18)23-20(26)7-5-8-21(23)27)17-31-15-9-19(10-16-31)24(32)28-11-6-14-30-12-3-2-4-13-30/h5,7-8,19H,2-4,6,9-17H2,1H3,(H,28,32). The molecule has 2 aromatic rings. The summed E-state index contributed by atoms with van der Waals surface area (Å²) in [5.74, 6) is -0.657. The zero-order valence-electron chi connectivity index (χ0n) is 19.4. The third kappa shape index (κ3) is 6.18. The summed E-state index contributed by atoms with van der Waals surface area (Å²) in [6.07, 6.45) is 6.52. The van der Waals surface area contributed by atoms with Crippen molar-refractivity contribution in [3.05, 3.63) is 41.3 Å². The molecule has 8 heteroatoms. The summed E-state index contributed by atoms with van der Waals surface area (Å²) < 4.78 is 33.7. The highest BCUT2D eigenvalue weighted by molar-refractivity contribution is 5.78. The van der Waals surface area contributed by atoms with Crippen LogP contribution in [-0.2, 0) is 11.3 Å². The molecule has 0 atom stereocenters. The summed E-state index contributed by atoms with van der Waals surface area (Å²) in [5, 5.41) is 3.12. The van der Waals surface area contributed by atoms with E-state index >= 15 is 0 Å². The van der Waals surface area contributed by atoms with Gasteiger partial charge in [-0.15, -0.1) is 0 Å². The van der Waals surface area contributed by atoms with E-state index in [1.165, 1.54) is 50.6 Å². The first kappa shape index (κ1) is 23.8. The number of carbonyl (C=O) groups is 1. The molecular formula is C25H34F2N4O2. The number of oxazole rings is 1. The van der Waals surface area contributed by atoms with Crippen LogP contribution in [0.25, 0.3) is 11.5 Å². The monoisotopic (exact) mass is 460 g/mol. The quantitative estimate of drug-likeness (QED) is 0.600. The van der Waals surface area contributed by atoms with Gasteiger partial charge in [-0.1, -0.05) is 12.5 Å². The number of halogens is 2. The normalized spacial score (nSPS) is 18.5. The van der Waals surface area contributed by atoms with E-state index in [4.69, 9.17) is 4.42 Å². The molecule has 1 amide bonds. The first-order chi connectivity index (χ1) is 16.0. The highest BCUT2D eigenvalue weighted by Gasteiger charge is 2.26. The summed E-state index contributed by atoms with van der Waals surface area (Å²) in [7, 11) is 0. The molecule has 1 N–H and O–H groups in total. The predicted molar refractivity (Wildman–Crippen MR) is 123 cm³/mol. The minimum absolute atomic E-state index is 0.0306. The van der Waals surface area contributed by atoms with E-state index in [1.807, 2.05) is 0 Å². The van der Waals surface area contributed by atoms with Gasteiger partial charge in [0, 0.05) is 19.0 Å². The van der Waals surface area contributed by atoms with Crippen molar-refractivity contribution in [3.8, 4) is 11.5 Å². The Morgan fingerprint density at radius 2 is 1.79 bits per heavy atom. The van der Waals surface area contributed by atoms with Crippen LogP contribution < -0.4 is 5.32 Å². The molecule has 0 saturated carbocycles. The molecule has 2 aliphatic rings. The Morgan fingerprint density at radius 1 is 1.09 bits per heavy atom. The van der Waals surface area contributed by atoms with Gasteiger partial charge >= 0.3 is 0 Å². The van der Waals surface area contributed by atoms with E-state index < -0.39 is 11.6 Å². The molecule has 1 aromatic carbocycles. The summed E-state index contributed by atoms with van der Waals surface area (Å²) in [6.45, 7) is 8.03. The van der Waals surface area contributed by atoms with Crippen LogP contribution in [0, 0.1) is 24.5 Å². The SMILES string of the molecule is Cc1oc(-c2c(F)cccc2F)nc1CN1CCC(C(=O)NCCCN2CCCCC2)CC1. The molecule has 1 aromatic heterocycles. The van der Waals surface area contributed by atoms with Crippen LogP contribution in [0.2, 0.25) is 0 Å². The number of nitrogens with one attached hydrogen (secondary N) is 1. The molecule has 180 valence electrons. The number of nitrogens with zero attached hydrogens (tertiary/aromatic N) is 3. The molecule has 2 saturated heterocycles. The number of rotatable bonds is 8. The van der Waals surface area contributed by atoms with E-state index in [9.17, 15) is 13.6 Å². The first-order valence-corrected chi connectivity index (χ1v) is 12.1. The van der Waals surface area contributed by atoms with E-state index in [-0.39, 0.29) is 23.3 Å². The molecular weight excluding hydrogens is 426 g/mol. The van der Waals surface area contributed by atoms with Gasteiger partial charge in [-0.25, -0.2) is 13.8 Å². The first-order valence-electron chi connectivity index (χ1n) is 12.1. The van der Waals surface area contributed by atoms with Crippen molar-refractivity contribution in [2.45, 2.75) is 52.0 Å². The van der Waals surface area contributed by atoms with E-state index in [2.05, 4.69) is 20.1 Å². The zero-order valence-corrected chi connectivity index (χ0v) is 19.4. The second-order valence-corrected chi connectivity index (χ2v) is 9.22. The van der Waals surface area contributed by atoms with Gasteiger partial charge in [0.15, 0.2) is 0 Å². The summed E-state index contributed by atoms with van der Waals surface area (Å²) in [6, 6.07) is 3.71. The smallest absolute Gasteiger partial charge is 0.232 e. The average molecular weight is 461 g/mol. The highest BCUT2D eigenvalue weighted by atomic mass is 19.1. The Balaban J connectivity index is 1.22. The number of aryl methyl sites for hydroxylation is 1. The van der Waals surface area contributed by atoms with Crippen molar-refractivity contribution < 1.29 is 18.0 Å². The number of likely N-dealkylation sites (tertiary alicyclic amines) is 2. The van der Waals surface area contributed by atoms with Gasteiger partial charge in [0.2, 0.25) is 11.8 Å². The van der Waals surface area contributed by atoms with Crippen LogP contribution in [0.15, 0.2) is 22.6 Å². The predicted octanol–water partition coefficient (Wildman–Crippen LogP) is 4.13. The lowest BCUT2D eigenvalue weighted by atomic mass is 9.95. The molecule has 0 aliphatic carbocycles. The summed E-state index contributed by atoms with van der Waals surface area (Å²) >= 11 is 0. The lowest BCUT2D eigenvalue weighted by Gasteiger charge is -2.31. The second-order valence-electron chi connectivity index (χ2n) is 9.22. The maximum atomic E-state index is 14.1. The topological polar surface area (TPSA) is 61.6 Å². The van der Waals surface area contributed by atoms with Crippen LogP contribution in [0.1, 0.15) is 50.0 Å². The lowest BCUT2D eigenvalue weighted by molar-refractivity contribution is -0.126. The fourth-order valence-electron chi connectivity index (χ4n) is 4.79. The molecule has 2 aliphatic heterocycles. The van der Waals surface area contributed by atoms with Gasteiger partial charge in [-0.05, 0) is 83.9 Å². The third-order valence-electron chi connectivity index (χ3n) is 6.80. The van der Waals surface area contributed by atoms with Crippen molar-refractivity contribution in [1.29, 1.82) is 0 Å². The van der Waals surface area contributed by atoms with Crippen molar-refractivity contribution in [2.75, 3.05) is 39.3 Å².